The van der Waals surface area contributed by atoms with Gasteiger partial charge in [-0.2, -0.15) is 0 Å². The minimum absolute atomic E-state index is 0.0811. The SMILES string of the molecule is C=CCN(C[C@@H]1CC(c2ccc(C)cc2)=NO1)C(=O)CC(C)C. The number of hydrogen-bond acceptors (Lipinski definition) is 3. The van der Waals surface area contributed by atoms with E-state index in [0.29, 0.717) is 25.4 Å². The molecule has 1 aliphatic heterocycles. The zero-order valence-electron chi connectivity index (χ0n) is 14.3. The standard InChI is InChI=1S/C19H26N2O2/c1-5-10-21(19(22)11-14(2)3)13-17-12-18(20-23-17)16-8-6-15(4)7-9-16/h5-9,14,17H,1,10-13H2,2-4H3/t17-/m0/s1. The average Bonchev–Trinajstić information content (AvgIpc) is 2.95. The predicted molar refractivity (Wildman–Crippen MR) is 93.4 cm³/mol. The summed E-state index contributed by atoms with van der Waals surface area (Å²) in [5, 5.41) is 4.20. The van der Waals surface area contributed by atoms with Crippen LogP contribution in [0.1, 0.15) is 37.8 Å². The Balaban J connectivity index is 1.94. The molecule has 1 amide bonds. The second kappa shape index (κ2) is 7.95. The molecule has 4 nitrogen and oxygen atoms in total. The molecule has 23 heavy (non-hydrogen) atoms. The van der Waals surface area contributed by atoms with Gasteiger partial charge >= 0.3 is 0 Å². The fraction of sp³-hybridized carbons (Fsp3) is 0.474. The highest BCUT2D eigenvalue weighted by molar-refractivity contribution is 6.01. The molecule has 0 unspecified atom stereocenters. The van der Waals surface area contributed by atoms with Crippen molar-refractivity contribution in [2.75, 3.05) is 13.1 Å². The summed E-state index contributed by atoms with van der Waals surface area (Å²) in [5.74, 6) is 0.492. The first-order valence-electron chi connectivity index (χ1n) is 8.18. The van der Waals surface area contributed by atoms with Crippen LogP contribution >= 0.6 is 0 Å². The van der Waals surface area contributed by atoms with E-state index in [4.69, 9.17) is 4.84 Å². The summed E-state index contributed by atoms with van der Waals surface area (Å²) < 4.78 is 0. The summed E-state index contributed by atoms with van der Waals surface area (Å²) in [5.41, 5.74) is 3.26. The molecule has 0 bridgehead atoms. The molecule has 0 saturated carbocycles. The highest BCUT2D eigenvalue weighted by Gasteiger charge is 2.26. The van der Waals surface area contributed by atoms with Gasteiger partial charge in [-0.1, -0.05) is 54.9 Å². The molecule has 0 saturated heterocycles. The zero-order chi connectivity index (χ0) is 16.8. The van der Waals surface area contributed by atoms with E-state index in [1.165, 1.54) is 5.56 Å². The van der Waals surface area contributed by atoms with Gasteiger partial charge in [0.05, 0.1) is 12.3 Å². The molecule has 2 rings (SSSR count). The third kappa shape index (κ3) is 4.95. The lowest BCUT2D eigenvalue weighted by Crippen LogP contribution is -2.38. The lowest BCUT2D eigenvalue weighted by Gasteiger charge is -2.24. The third-order valence-corrected chi connectivity index (χ3v) is 3.83. The Kier molecular flexibility index (Phi) is 5.97. The molecule has 0 spiro atoms. The van der Waals surface area contributed by atoms with Gasteiger partial charge in [-0.15, -0.1) is 6.58 Å². The summed E-state index contributed by atoms with van der Waals surface area (Å²) in [6, 6.07) is 8.26. The Morgan fingerprint density at radius 1 is 1.43 bits per heavy atom. The minimum Gasteiger partial charge on any atom is -0.390 e. The molecule has 0 radical (unpaired) electrons. The smallest absolute Gasteiger partial charge is 0.223 e. The van der Waals surface area contributed by atoms with Crippen LogP contribution in [0, 0.1) is 12.8 Å². The summed E-state index contributed by atoms with van der Waals surface area (Å²) in [6.07, 6.45) is 2.95. The quantitative estimate of drug-likeness (QED) is 0.722. The first-order valence-corrected chi connectivity index (χ1v) is 8.18. The van der Waals surface area contributed by atoms with Crippen molar-refractivity contribution in [2.24, 2.45) is 11.1 Å². The van der Waals surface area contributed by atoms with E-state index >= 15 is 0 Å². The van der Waals surface area contributed by atoms with E-state index in [-0.39, 0.29) is 12.0 Å². The van der Waals surface area contributed by atoms with Crippen molar-refractivity contribution in [3.8, 4) is 0 Å². The molecular weight excluding hydrogens is 288 g/mol. The first kappa shape index (κ1) is 17.3. The Morgan fingerprint density at radius 2 is 2.13 bits per heavy atom. The topological polar surface area (TPSA) is 41.9 Å². The van der Waals surface area contributed by atoms with Gasteiger partial charge in [-0.25, -0.2) is 0 Å². The number of rotatable bonds is 7. The Labute approximate surface area is 138 Å². The van der Waals surface area contributed by atoms with Crippen molar-refractivity contribution in [3.05, 3.63) is 48.0 Å². The van der Waals surface area contributed by atoms with Crippen molar-refractivity contribution in [1.29, 1.82) is 0 Å². The monoisotopic (exact) mass is 314 g/mol. The third-order valence-electron chi connectivity index (χ3n) is 3.83. The van der Waals surface area contributed by atoms with Gasteiger partial charge in [-0.3, -0.25) is 4.79 Å². The lowest BCUT2D eigenvalue weighted by atomic mass is 10.0. The number of amides is 1. The zero-order valence-corrected chi connectivity index (χ0v) is 14.3. The van der Waals surface area contributed by atoms with Crippen LogP contribution in [0.15, 0.2) is 42.1 Å². The Bertz CT molecular complexity index is 576. The number of carbonyl (C=O) groups excluding carboxylic acids is 1. The number of hydrogen-bond donors (Lipinski definition) is 0. The number of oxime groups is 1. The molecule has 1 aliphatic rings. The number of carbonyl (C=O) groups is 1. The maximum Gasteiger partial charge on any atom is 0.223 e. The summed E-state index contributed by atoms with van der Waals surface area (Å²) in [6.45, 7) is 11.0. The molecular formula is C19H26N2O2. The van der Waals surface area contributed by atoms with Crippen molar-refractivity contribution in [1.82, 2.24) is 4.90 Å². The van der Waals surface area contributed by atoms with Gasteiger partial charge in [0.1, 0.15) is 0 Å². The Hall–Kier alpha value is -2.10. The van der Waals surface area contributed by atoms with Crippen LogP contribution in [0.2, 0.25) is 0 Å². The van der Waals surface area contributed by atoms with E-state index < -0.39 is 0 Å². The highest BCUT2D eigenvalue weighted by atomic mass is 16.6. The Morgan fingerprint density at radius 3 is 2.74 bits per heavy atom. The van der Waals surface area contributed by atoms with Gasteiger partial charge in [-0.05, 0) is 18.4 Å². The number of nitrogens with zero attached hydrogens (tertiary/aromatic N) is 2. The van der Waals surface area contributed by atoms with Crippen LogP contribution in [-0.2, 0) is 9.63 Å². The van der Waals surface area contributed by atoms with Crippen molar-refractivity contribution < 1.29 is 9.63 Å². The molecule has 1 heterocycles. The minimum atomic E-state index is -0.0811. The maximum absolute atomic E-state index is 12.3. The molecule has 0 fully saturated rings. The van der Waals surface area contributed by atoms with Crippen LogP contribution in [0.4, 0.5) is 0 Å². The van der Waals surface area contributed by atoms with Gasteiger partial charge in [0, 0.05) is 19.4 Å². The number of benzene rings is 1. The lowest BCUT2D eigenvalue weighted by molar-refractivity contribution is -0.133. The normalized spacial score (nSPS) is 16.9. The van der Waals surface area contributed by atoms with Crippen LogP contribution in [-0.4, -0.2) is 35.7 Å². The van der Waals surface area contributed by atoms with Crippen LogP contribution in [0.5, 0.6) is 0 Å². The largest absolute Gasteiger partial charge is 0.390 e. The summed E-state index contributed by atoms with van der Waals surface area (Å²) in [4.78, 5) is 19.7. The molecule has 4 heteroatoms. The molecule has 0 aliphatic carbocycles. The second-order valence-corrected chi connectivity index (χ2v) is 6.52. The number of aryl methyl sites for hydroxylation is 1. The first-order chi connectivity index (χ1) is 11.0. The molecule has 124 valence electrons. The predicted octanol–water partition coefficient (Wildman–Crippen LogP) is 3.55. The molecule has 1 aromatic rings. The molecule has 0 N–H and O–H groups in total. The second-order valence-electron chi connectivity index (χ2n) is 6.52. The van der Waals surface area contributed by atoms with E-state index in [1.54, 1.807) is 6.08 Å². The molecule has 0 aromatic heterocycles. The van der Waals surface area contributed by atoms with Gasteiger partial charge < -0.3 is 9.74 Å². The fourth-order valence-electron chi connectivity index (χ4n) is 2.60. The van der Waals surface area contributed by atoms with E-state index in [9.17, 15) is 4.79 Å². The van der Waals surface area contributed by atoms with Crippen molar-refractivity contribution in [2.45, 2.75) is 39.7 Å². The maximum atomic E-state index is 12.3. The average molecular weight is 314 g/mol. The summed E-state index contributed by atoms with van der Waals surface area (Å²) in [7, 11) is 0. The van der Waals surface area contributed by atoms with Crippen LogP contribution in [0.25, 0.3) is 0 Å². The fourth-order valence-corrected chi connectivity index (χ4v) is 2.60. The van der Waals surface area contributed by atoms with E-state index in [2.05, 4.69) is 56.8 Å². The highest BCUT2D eigenvalue weighted by Crippen LogP contribution is 2.19. The molecule has 1 aromatic carbocycles. The van der Waals surface area contributed by atoms with E-state index in [0.717, 1.165) is 17.7 Å². The van der Waals surface area contributed by atoms with Crippen molar-refractivity contribution >= 4 is 11.6 Å². The van der Waals surface area contributed by atoms with Gasteiger partial charge in [0.25, 0.3) is 0 Å². The van der Waals surface area contributed by atoms with Crippen LogP contribution in [0.3, 0.4) is 0 Å². The van der Waals surface area contributed by atoms with Gasteiger partial charge in [0.15, 0.2) is 6.10 Å². The van der Waals surface area contributed by atoms with E-state index in [1.807, 2.05) is 4.90 Å². The van der Waals surface area contributed by atoms with Gasteiger partial charge in [0.2, 0.25) is 5.91 Å². The van der Waals surface area contributed by atoms with Crippen molar-refractivity contribution in [3.63, 3.8) is 0 Å². The summed E-state index contributed by atoms with van der Waals surface area (Å²) >= 11 is 0. The van der Waals surface area contributed by atoms with Crippen LogP contribution < -0.4 is 0 Å². The molecule has 1 atom stereocenters.